The highest BCUT2D eigenvalue weighted by Gasteiger charge is 2.41. The second-order valence-corrected chi connectivity index (χ2v) is 10.6. The van der Waals surface area contributed by atoms with Gasteiger partial charge < -0.3 is 14.6 Å². The van der Waals surface area contributed by atoms with E-state index in [4.69, 9.17) is 4.74 Å². The number of hydrogen-bond donors (Lipinski definition) is 1. The van der Waals surface area contributed by atoms with Gasteiger partial charge in [0.25, 0.3) is 0 Å². The lowest BCUT2D eigenvalue weighted by Gasteiger charge is -2.42. The molecule has 0 saturated carbocycles. The van der Waals surface area contributed by atoms with Gasteiger partial charge in [-0.25, -0.2) is 8.78 Å². The van der Waals surface area contributed by atoms with Crippen LogP contribution in [0, 0.1) is 23.5 Å². The molecule has 1 amide bonds. The molecule has 5 nitrogen and oxygen atoms in total. The Labute approximate surface area is 211 Å². The highest BCUT2D eigenvalue weighted by Crippen LogP contribution is 2.43. The van der Waals surface area contributed by atoms with E-state index in [0.29, 0.717) is 18.7 Å². The summed E-state index contributed by atoms with van der Waals surface area (Å²) in [5.41, 5.74) is 2.47. The molecule has 5 rings (SSSR count). The van der Waals surface area contributed by atoms with Crippen molar-refractivity contribution in [2.75, 3.05) is 26.2 Å². The number of aromatic nitrogens is 1. The number of H-pyrrole nitrogens is 1. The molecule has 0 bridgehead atoms. The molecule has 0 unspecified atom stereocenters. The van der Waals surface area contributed by atoms with E-state index in [1.165, 1.54) is 18.6 Å². The fraction of sp³-hybridized carbons (Fsp3) is 0.483. The average Bonchev–Trinajstić information content (AvgIpc) is 3.18. The monoisotopic (exact) mass is 495 g/mol. The van der Waals surface area contributed by atoms with Crippen LogP contribution < -0.4 is 4.74 Å². The molecular weight excluding hydrogens is 460 g/mol. The number of aromatic amines is 1. The first-order chi connectivity index (χ1) is 17.3. The summed E-state index contributed by atoms with van der Waals surface area (Å²) in [7, 11) is 0. The zero-order valence-corrected chi connectivity index (χ0v) is 21.5. The number of nitrogens with one attached hydrogen (secondary N) is 1. The summed E-state index contributed by atoms with van der Waals surface area (Å²) in [4.78, 5) is 20.6. The van der Waals surface area contributed by atoms with E-state index in [2.05, 4.69) is 16.8 Å². The molecule has 1 saturated heterocycles. The van der Waals surface area contributed by atoms with Gasteiger partial charge in [-0.15, -0.1) is 0 Å². The highest BCUT2D eigenvalue weighted by molar-refractivity contribution is 5.87. The molecule has 2 aromatic carbocycles. The van der Waals surface area contributed by atoms with Crippen molar-refractivity contribution in [2.45, 2.75) is 52.6 Å². The van der Waals surface area contributed by atoms with Gasteiger partial charge in [-0.3, -0.25) is 9.69 Å². The molecular formula is C29H35F2N3O2. The largest absolute Gasteiger partial charge is 0.492 e. The second-order valence-electron chi connectivity index (χ2n) is 10.6. The first-order valence-electron chi connectivity index (χ1n) is 13.0. The Kier molecular flexibility index (Phi) is 6.77. The van der Waals surface area contributed by atoms with Crippen molar-refractivity contribution in [3.63, 3.8) is 0 Å². The molecule has 2 aliphatic heterocycles. The van der Waals surface area contributed by atoms with E-state index in [0.717, 1.165) is 42.0 Å². The van der Waals surface area contributed by atoms with Gasteiger partial charge in [-0.2, -0.15) is 0 Å². The number of para-hydroxylation sites is 1. The van der Waals surface area contributed by atoms with Crippen molar-refractivity contribution < 1.29 is 18.3 Å². The third kappa shape index (κ3) is 4.38. The van der Waals surface area contributed by atoms with Crippen LogP contribution in [0.1, 0.15) is 57.0 Å². The van der Waals surface area contributed by atoms with Crippen LogP contribution >= 0.6 is 0 Å². The first kappa shape index (κ1) is 24.8. The van der Waals surface area contributed by atoms with Crippen LogP contribution in [-0.2, 0) is 11.2 Å². The lowest BCUT2D eigenvalue weighted by Crippen LogP contribution is -2.48. The molecule has 7 heteroatoms. The quantitative estimate of drug-likeness (QED) is 0.458. The maximum absolute atomic E-state index is 15.7. The number of nitrogens with zero attached hydrogens (tertiary/aromatic N) is 2. The Morgan fingerprint density at radius 3 is 2.53 bits per heavy atom. The molecule has 2 atom stereocenters. The normalized spacial score (nSPS) is 20.6. The van der Waals surface area contributed by atoms with E-state index >= 15 is 8.78 Å². The van der Waals surface area contributed by atoms with E-state index in [-0.39, 0.29) is 29.2 Å². The van der Waals surface area contributed by atoms with E-state index in [1.807, 2.05) is 45.0 Å². The van der Waals surface area contributed by atoms with Gasteiger partial charge in [0.2, 0.25) is 5.91 Å². The van der Waals surface area contributed by atoms with Gasteiger partial charge in [0, 0.05) is 60.3 Å². The van der Waals surface area contributed by atoms with Crippen molar-refractivity contribution >= 4 is 16.8 Å². The van der Waals surface area contributed by atoms with E-state index in [1.54, 1.807) is 4.90 Å². The average molecular weight is 496 g/mol. The third-order valence-corrected chi connectivity index (χ3v) is 7.73. The molecule has 36 heavy (non-hydrogen) atoms. The minimum absolute atomic E-state index is 0.121. The molecule has 0 radical (unpaired) electrons. The molecule has 1 fully saturated rings. The van der Waals surface area contributed by atoms with Crippen molar-refractivity contribution in [1.29, 1.82) is 0 Å². The Balaban J connectivity index is 1.49. The maximum atomic E-state index is 15.7. The van der Waals surface area contributed by atoms with Crippen LogP contribution in [0.3, 0.4) is 0 Å². The van der Waals surface area contributed by atoms with Gasteiger partial charge in [-0.1, -0.05) is 45.4 Å². The number of hydrogen-bond acceptors (Lipinski definition) is 3. The SMILES string of the molecule is CCC1CN(CCOc2cc(F)c([C@@H]3c4[nH]c5ccccc5c4C[C@@H](C)N3C(=O)C(C)C)c(F)c2)C1. The summed E-state index contributed by atoms with van der Waals surface area (Å²) in [5, 5.41) is 1.03. The Bertz CT molecular complexity index is 1240. The Morgan fingerprint density at radius 1 is 1.17 bits per heavy atom. The number of carbonyl (C=O) groups is 1. The molecule has 1 aromatic heterocycles. The number of carbonyl (C=O) groups excluding carboxylic acids is 1. The summed E-state index contributed by atoms with van der Waals surface area (Å²) in [6.45, 7) is 11.0. The van der Waals surface area contributed by atoms with Crippen molar-refractivity contribution in [3.05, 3.63) is 64.9 Å². The smallest absolute Gasteiger partial charge is 0.226 e. The number of benzene rings is 2. The molecule has 2 aliphatic rings. The van der Waals surface area contributed by atoms with Crippen LogP contribution in [0.2, 0.25) is 0 Å². The molecule has 1 N–H and O–H groups in total. The van der Waals surface area contributed by atoms with Gasteiger partial charge >= 0.3 is 0 Å². The lowest BCUT2D eigenvalue weighted by atomic mass is 9.87. The van der Waals surface area contributed by atoms with Crippen LogP contribution in [0.4, 0.5) is 8.78 Å². The molecule has 3 heterocycles. The van der Waals surface area contributed by atoms with Crippen molar-refractivity contribution in [2.24, 2.45) is 11.8 Å². The van der Waals surface area contributed by atoms with Crippen molar-refractivity contribution in [1.82, 2.24) is 14.8 Å². The predicted octanol–water partition coefficient (Wildman–Crippen LogP) is 5.69. The number of rotatable bonds is 7. The minimum atomic E-state index is -0.882. The molecule has 0 aliphatic carbocycles. The summed E-state index contributed by atoms with van der Waals surface area (Å²) in [5.74, 6) is -0.929. The Morgan fingerprint density at radius 2 is 1.86 bits per heavy atom. The summed E-state index contributed by atoms with van der Waals surface area (Å²) < 4.78 is 37.1. The first-order valence-corrected chi connectivity index (χ1v) is 13.0. The number of likely N-dealkylation sites (tertiary alicyclic amines) is 1. The maximum Gasteiger partial charge on any atom is 0.226 e. The minimum Gasteiger partial charge on any atom is -0.492 e. The summed E-state index contributed by atoms with van der Waals surface area (Å²) >= 11 is 0. The molecule has 3 aromatic rings. The van der Waals surface area contributed by atoms with Crippen LogP contribution in [0.5, 0.6) is 5.75 Å². The third-order valence-electron chi connectivity index (χ3n) is 7.73. The van der Waals surface area contributed by atoms with Crippen LogP contribution in [0.25, 0.3) is 10.9 Å². The van der Waals surface area contributed by atoms with Crippen LogP contribution in [0.15, 0.2) is 36.4 Å². The van der Waals surface area contributed by atoms with Gasteiger partial charge in [0.05, 0.1) is 5.56 Å². The lowest BCUT2D eigenvalue weighted by molar-refractivity contribution is -0.139. The number of fused-ring (bicyclic) bond motifs is 3. The number of halogens is 2. The predicted molar refractivity (Wildman–Crippen MR) is 137 cm³/mol. The van der Waals surface area contributed by atoms with Gasteiger partial charge in [-0.05, 0) is 30.9 Å². The molecule has 192 valence electrons. The zero-order chi connectivity index (χ0) is 25.6. The summed E-state index contributed by atoms with van der Waals surface area (Å²) in [6, 6.07) is 9.26. The van der Waals surface area contributed by atoms with E-state index in [9.17, 15) is 4.79 Å². The van der Waals surface area contributed by atoms with Gasteiger partial charge in [0.1, 0.15) is 30.0 Å². The topological polar surface area (TPSA) is 48.6 Å². The number of amides is 1. The second kappa shape index (κ2) is 9.85. The number of ether oxygens (including phenoxy) is 1. The standard InChI is InChI=1S/C29H35F2N3O2/c1-5-19-15-33(16-19)10-11-36-20-13-23(30)26(24(31)14-20)28-27-22(21-8-6-7-9-25(21)32-27)12-18(4)34(28)29(35)17(2)3/h6-9,13-14,17-19,28,32H,5,10-12,15-16H2,1-4H3/t18-,28-/m1/s1. The van der Waals surface area contributed by atoms with Gasteiger partial charge in [0.15, 0.2) is 0 Å². The Hall–Kier alpha value is -2.93. The fourth-order valence-electron chi connectivity index (χ4n) is 5.70. The zero-order valence-electron chi connectivity index (χ0n) is 21.5. The van der Waals surface area contributed by atoms with Crippen molar-refractivity contribution in [3.8, 4) is 5.75 Å². The van der Waals surface area contributed by atoms with Crippen LogP contribution in [-0.4, -0.2) is 53.0 Å². The summed E-state index contributed by atoms with van der Waals surface area (Å²) in [6.07, 6.45) is 1.79. The fourth-order valence-corrected chi connectivity index (χ4v) is 5.70. The highest BCUT2D eigenvalue weighted by atomic mass is 19.1. The molecule has 0 spiro atoms. The van der Waals surface area contributed by atoms with E-state index < -0.39 is 17.7 Å².